The fourth-order valence-electron chi connectivity index (χ4n) is 6.54. The number of carbonyl (C=O) groups excluding carboxylic acids is 8. The summed E-state index contributed by atoms with van der Waals surface area (Å²) in [6.07, 6.45) is -2.38. The number of rotatable bonds is 31. The number of hydrogen-bond donors (Lipinski definition) is 4. The molecule has 19 heteroatoms. The molecule has 0 radical (unpaired) electrons. The second kappa shape index (κ2) is 32.4. The van der Waals surface area contributed by atoms with Crippen LogP contribution in [0.1, 0.15) is 81.5 Å². The zero-order chi connectivity index (χ0) is 52.7. The van der Waals surface area contributed by atoms with Crippen molar-refractivity contribution in [1.29, 1.82) is 0 Å². The first-order valence-corrected chi connectivity index (χ1v) is 23.9. The Morgan fingerprint density at radius 1 is 0.452 bits per heavy atom. The van der Waals surface area contributed by atoms with Crippen LogP contribution in [0.15, 0.2) is 121 Å². The third-order valence-electron chi connectivity index (χ3n) is 10.3. The number of amides is 4. The van der Waals surface area contributed by atoms with Crippen LogP contribution >= 0.6 is 0 Å². The molecule has 19 nitrogen and oxygen atoms in total. The molecular formula is C54H66N4O15. The van der Waals surface area contributed by atoms with Crippen LogP contribution in [0.5, 0.6) is 0 Å². The average Bonchev–Trinajstić information content (AvgIpc) is 3.38. The highest BCUT2D eigenvalue weighted by Crippen LogP contribution is 2.13. The van der Waals surface area contributed by atoms with Gasteiger partial charge in [0.1, 0.15) is 56.8 Å². The predicted octanol–water partition coefficient (Wildman–Crippen LogP) is 5.31. The van der Waals surface area contributed by atoms with Crippen LogP contribution in [0.2, 0.25) is 0 Å². The van der Waals surface area contributed by atoms with Gasteiger partial charge in [0.2, 0.25) is 17.7 Å². The molecule has 0 aromatic heterocycles. The van der Waals surface area contributed by atoms with E-state index in [-0.39, 0.29) is 84.9 Å². The maximum atomic E-state index is 14.1. The highest BCUT2D eigenvalue weighted by molar-refractivity contribution is 5.92. The van der Waals surface area contributed by atoms with Crippen LogP contribution in [-0.2, 0) is 93.1 Å². The number of ether oxygens (including phenoxy) is 7. The van der Waals surface area contributed by atoms with Crippen LogP contribution in [0, 0.1) is 0 Å². The Morgan fingerprint density at radius 2 is 0.849 bits per heavy atom. The molecule has 0 saturated heterocycles. The zero-order valence-corrected chi connectivity index (χ0v) is 41.5. The van der Waals surface area contributed by atoms with Crippen molar-refractivity contribution in [2.45, 2.75) is 109 Å². The van der Waals surface area contributed by atoms with Gasteiger partial charge in [0, 0.05) is 25.8 Å². The maximum absolute atomic E-state index is 14.1. The summed E-state index contributed by atoms with van der Waals surface area (Å²) in [6, 6.07) is 31.4. The summed E-state index contributed by atoms with van der Waals surface area (Å²) < 4.78 is 37.9. The van der Waals surface area contributed by atoms with Gasteiger partial charge in [0.05, 0.1) is 19.8 Å². The van der Waals surface area contributed by atoms with E-state index in [9.17, 15) is 38.4 Å². The van der Waals surface area contributed by atoms with Crippen LogP contribution in [-0.4, -0.2) is 104 Å². The molecule has 4 aromatic rings. The van der Waals surface area contributed by atoms with E-state index >= 15 is 0 Å². The van der Waals surface area contributed by atoms with Crippen molar-refractivity contribution in [2.75, 3.05) is 33.0 Å². The highest BCUT2D eigenvalue weighted by Gasteiger charge is 2.30. The third-order valence-corrected chi connectivity index (χ3v) is 10.3. The third kappa shape index (κ3) is 25.4. The Balaban J connectivity index is 1.43. The summed E-state index contributed by atoms with van der Waals surface area (Å²) in [5.41, 5.74) is 2.18. The largest absolute Gasteiger partial charge is 0.461 e. The lowest BCUT2D eigenvalue weighted by Gasteiger charge is -2.23. The minimum absolute atomic E-state index is 0.00217. The summed E-state index contributed by atoms with van der Waals surface area (Å²) in [7, 11) is 0. The number of nitrogens with one attached hydrogen (secondary N) is 4. The van der Waals surface area contributed by atoms with Gasteiger partial charge in [-0.2, -0.15) is 0 Å². The minimum Gasteiger partial charge on any atom is -0.461 e. The topological polar surface area (TPSA) is 249 Å². The molecule has 2 unspecified atom stereocenters. The summed E-state index contributed by atoms with van der Waals surface area (Å²) in [6.45, 7) is 4.68. The molecule has 0 spiro atoms. The van der Waals surface area contributed by atoms with Crippen molar-refractivity contribution in [2.24, 2.45) is 0 Å². The van der Waals surface area contributed by atoms with E-state index in [0.29, 0.717) is 11.1 Å². The summed E-state index contributed by atoms with van der Waals surface area (Å²) in [5, 5.41) is 10.3. The van der Waals surface area contributed by atoms with E-state index in [2.05, 4.69) is 21.3 Å². The van der Waals surface area contributed by atoms with E-state index in [1.807, 2.05) is 12.1 Å². The van der Waals surface area contributed by atoms with E-state index in [1.165, 1.54) is 0 Å². The molecule has 0 bridgehead atoms. The van der Waals surface area contributed by atoms with E-state index < -0.39 is 84.4 Å². The van der Waals surface area contributed by atoms with Crippen LogP contribution in [0.4, 0.5) is 4.79 Å². The van der Waals surface area contributed by atoms with E-state index in [4.69, 9.17) is 33.2 Å². The van der Waals surface area contributed by atoms with Crippen molar-refractivity contribution in [3.05, 3.63) is 144 Å². The molecule has 73 heavy (non-hydrogen) atoms. The van der Waals surface area contributed by atoms with Crippen molar-refractivity contribution in [3.63, 3.8) is 0 Å². The number of esters is 4. The smallest absolute Gasteiger partial charge is 0.407 e. The molecule has 4 N–H and O–H groups in total. The number of alkyl carbamates (subject to hydrolysis) is 1. The molecule has 0 heterocycles. The SMILES string of the molecule is CC(C)(C)OC(=O)NCCOCCOCC(=O)NC(CCC(=O)NC(CCC(=O)OCc1ccccc1)C(=O)OCc1ccccc1)C(=O)N[C@@H](CCC(=O)OCc1ccccc1)C(=O)OCc1ccccc1. The molecule has 4 rings (SSSR count). The quantitative estimate of drug-likeness (QED) is 0.0283. The second-order valence-corrected chi connectivity index (χ2v) is 17.5. The van der Waals surface area contributed by atoms with Gasteiger partial charge < -0.3 is 54.4 Å². The normalized spacial score (nSPS) is 12.2. The molecule has 392 valence electrons. The van der Waals surface area contributed by atoms with Gasteiger partial charge in [-0.25, -0.2) is 14.4 Å². The molecule has 0 saturated carbocycles. The van der Waals surface area contributed by atoms with Gasteiger partial charge in [0.15, 0.2) is 0 Å². The van der Waals surface area contributed by atoms with Gasteiger partial charge in [-0.05, 0) is 62.3 Å². The summed E-state index contributed by atoms with van der Waals surface area (Å²) >= 11 is 0. The van der Waals surface area contributed by atoms with E-state index in [1.54, 1.807) is 130 Å². The lowest BCUT2D eigenvalue weighted by Crippen LogP contribution is -2.53. The number of hydrogen-bond acceptors (Lipinski definition) is 15. The van der Waals surface area contributed by atoms with Crippen LogP contribution in [0.25, 0.3) is 0 Å². The Hall–Kier alpha value is -7.64. The van der Waals surface area contributed by atoms with Crippen molar-refractivity contribution in [3.8, 4) is 0 Å². The molecule has 0 aliphatic rings. The van der Waals surface area contributed by atoms with Gasteiger partial charge in [-0.15, -0.1) is 0 Å². The summed E-state index contributed by atoms with van der Waals surface area (Å²) in [5.74, 6) is -5.38. The fraction of sp³-hybridized carbons (Fsp3) is 0.407. The summed E-state index contributed by atoms with van der Waals surface area (Å²) in [4.78, 5) is 106. The van der Waals surface area contributed by atoms with Gasteiger partial charge in [-0.1, -0.05) is 121 Å². The maximum Gasteiger partial charge on any atom is 0.407 e. The molecule has 0 aliphatic carbocycles. The van der Waals surface area contributed by atoms with Crippen molar-refractivity contribution >= 4 is 47.7 Å². The number of carbonyl (C=O) groups is 8. The Labute approximate surface area is 425 Å². The molecule has 0 fully saturated rings. The lowest BCUT2D eigenvalue weighted by atomic mass is 10.1. The first-order chi connectivity index (χ1) is 35.1. The Kier molecular flexibility index (Phi) is 25.7. The Bertz CT molecular complexity index is 2330. The minimum atomic E-state index is -1.47. The molecular weight excluding hydrogens is 945 g/mol. The highest BCUT2D eigenvalue weighted by atomic mass is 16.6. The standard InChI is InChI=1S/C54H66N4O15/c1-54(2,3)73-53(66)55-30-31-67-32-33-68-38-47(60)56-43(50(63)58-45(52(65)72-37-42-22-14-7-15-23-42)26-29-49(62)70-35-40-18-10-5-11-19-40)24-27-46(59)57-44(51(64)71-36-41-20-12-6-13-21-41)25-28-48(61)69-34-39-16-8-4-9-17-39/h4-23,43-45H,24-38H2,1-3H3,(H,55,66)(H,56,60)(H,57,59)(H,58,63)/t43?,44?,45-/m0/s1. The first kappa shape index (κ1) is 57.9. The van der Waals surface area contributed by atoms with Crippen molar-refractivity contribution in [1.82, 2.24) is 21.3 Å². The Morgan fingerprint density at radius 3 is 1.30 bits per heavy atom. The van der Waals surface area contributed by atoms with Crippen LogP contribution in [0.3, 0.4) is 0 Å². The lowest BCUT2D eigenvalue weighted by molar-refractivity contribution is -0.151. The molecule has 4 amide bonds. The molecule has 4 aromatic carbocycles. The van der Waals surface area contributed by atoms with Gasteiger partial charge in [-0.3, -0.25) is 24.0 Å². The van der Waals surface area contributed by atoms with Crippen molar-refractivity contribution < 1.29 is 71.5 Å². The zero-order valence-electron chi connectivity index (χ0n) is 41.5. The fourth-order valence-corrected chi connectivity index (χ4v) is 6.54. The van der Waals surface area contributed by atoms with Gasteiger partial charge >= 0.3 is 30.0 Å². The van der Waals surface area contributed by atoms with Crippen LogP contribution < -0.4 is 21.3 Å². The first-order valence-electron chi connectivity index (χ1n) is 23.9. The average molecular weight is 1010 g/mol. The molecule has 0 aliphatic heterocycles. The predicted molar refractivity (Wildman–Crippen MR) is 264 cm³/mol. The molecule has 3 atom stereocenters. The second-order valence-electron chi connectivity index (χ2n) is 17.5. The van der Waals surface area contributed by atoms with Gasteiger partial charge in [0.25, 0.3) is 0 Å². The monoisotopic (exact) mass is 1010 g/mol. The van der Waals surface area contributed by atoms with E-state index in [0.717, 1.165) is 11.1 Å². The number of benzene rings is 4.